The van der Waals surface area contributed by atoms with Crippen LogP contribution in [-0.4, -0.2) is 54.6 Å². The molecular formula is C13H25N3O. The zero-order valence-corrected chi connectivity index (χ0v) is 11.1. The number of amides is 2. The molecule has 1 aliphatic carbocycles. The fraction of sp³-hybridized carbons (Fsp3) is 0.923. The van der Waals surface area contributed by atoms with E-state index < -0.39 is 0 Å². The first-order valence-electron chi connectivity index (χ1n) is 6.96. The second kappa shape index (κ2) is 5.71. The van der Waals surface area contributed by atoms with Crippen LogP contribution in [0.1, 0.15) is 39.0 Å². The highest BCUT2D eigenvalue weighted by atomic mass is 16.2. The van der Waals surface area contributed by atoms with E-state index in [1.54, 1.807) is 0 Å². The first-order valence-corrected chi connectivity index (χ1v) is 6.96. The molecule has 1 heterocycles. The Morgan fingerprint density at radius 2 is 2.12 bits per heavy atom. The van der Waals surface area contributed by atoms with Gasteiger partial charge in [0.15, 0.2) is 0 Å². The fourth-order valence-electron chi connectivity index (χ4n) is 2.75. The third-order valence-corrected chi connectivity index (χ3v) is 4.17. The minimum absolute atomic E-state index is 0.109. The number of likely N-dealkylation sites (tertiary alicyclic amines) is 1. The molecule has 0 aromatic heterocycles. The Hall–Kier alpha value is -0.770. The molecule has 2 aliphatic rings. The van der Waals surface area contributed by atoms with E-state index in [2.05, 4.69) is 17.1 Å². The molecular weight excluding hydrogens is 214 g/mol. The van der Waals surface area contributed by atoms with Crippen molar-refractivity contribution in [1.82, 2.24) is 15.1 Å². The van der Waals surface area contributed by atoms with E-state index in [4.69, 9.17) is 0 Å². The number of nitrogens with one attached hydrogen (secondary N) is 1. The van der Waals surface area contributed by atoms with E-state index in [9.17, 15) is 4.79 Å². The maximum Gasteiger partial charge on any atom is 0.317 e. The average molecular weight is 239 g/mol. The van der Waals surface area contributed by atoms with Gasteiger partial charge in [-0.05, 0) is 45.2 Å². The Morgan fingerprint density at radius 3 is 2.71 bits per heavy atom. The highest BCUT2D eigenvalue weighted by molar-refractivity contribution is 5.74. The molecule has 0 aromatic carbocycles. The van der Waals surface area contributed by atoms with Gasteiger partial charge in [-0.2, -0.15) is 0 Å². The van der Waals surface area contributed by atoms with Crippen LogP contribution in [-0.2, 0) is 0 Å². The van der Waals surface area contributed by atoms with Crippen LogP contribution in [0.3, 0.4) is 0 Å². The quantitative estimate of drug-likeness (QED) is 0.810. The summed E-state index contributed by atoms with van der Waals surface area (Å²) in [6.45, 7) is 5.36. The Labute approximate surface area is 104 Å². The van der Waals surface area contributed by atoms with Crippen LogP contribution in [0.4, 0.5) is 4.79 Å². The Balaban J connectivity index is 1.74. The monoisotopic (exact) mass is 239 g/mol. The van der Waals surface area contributed by atoms with E-state index in [0.717, 1.165) is 25.9 Å². The Morgan fingerprint density at radius 1 is 1.35 bits per heavy atom. The molecule has 2 amide bonds. The van der Waals surface area contributed by atoms with Gasteiger partial charge < -0.3 is 10.2 Å². The molecule has 0 aromatic rings. The topological polar surface area (TPSA) is 35.6 Å². The van der Waals surface area contributed by atoms with Crippen LogP contribution in [0.2, 0.25) is 0 Å². The summed E-state index contributed by atoms with van der Waals surface area (Å²) in [5.74, 6) is 0. The molecule has 98 valence electrons. The Kier molecular flexibility index (Phi) is 4.26. The van der Waals surface area contributed by atoms with Crippen LogP contribution in [0, 0.1) is 0 Å². The smallest absolute Gasteiger partial charge is 0.317 e. The van der Waals surface area contributed by atoms with Crippen LogP contribution in [0.15, 0.2) is 0 Å². The number of carbonyl (C=O) groups excluding carboxylic acids is 1. The maximum atomic E-state index is 11.9. The van der Waals surface area contributed by atoms with Crippen molar-refractivity contribution in [3.8, 4) is 0 Å². The van der Waals surface area contributed by atoms with Crippen molar-refractivity contribution >= 4 is 6.03 Å². The van der Waals surface area contributed by atoms with Gasteiger partial charge in [0.05, 0.1) is 0 Å². The predicted molar refractivity (Wildman–Crippen MR) is 69.1 cm³/mol. The maximum absolute atomic E-state index is 11.9. The first kappa shape index (κ1) is 12.7. The summed E-state index contributed by atoms with van der Waals surface area (Å²) < 4.78 is 0. The summed E-state index contributed by atoms with van der Waals surface area (Å²) in [7, 11) is 1.92. The number of likely N-dealkylation sites (N-methyl/N-ethyl adjacent to an activating group) is 2. The molecule has 1 aliphatic heterocycles. The van der Waals surface area contributed by atoms with E-state index in [-0.39, 0.29) is 6.03 Å². The molecule has 0 radical (unpaired) electrons. The number of rotatable bonds is 4. The number of carbonyl (C=O) groups is 1. The van der Waals surface area contributed by atoms with Gasteiger partial charge in [-0.25, -0.2) is 4.79 Å². The molecule has 0 spiro atoms. The summed E-state index contributed by atoms with van der Waals surface area (Å²) in [5, 5.41) is 3.09. The summed E-state index contributed by atoms with van der Waals surface area (Å²) in [6.07, 6.45) is 6.08. The van der Waals surface area contributed by atoms with Crippen LogP contribution in [0.5, 0.6) is 0 Å². The number of hydrogen-bond acceptors (Lipinski definition) is 2. The van der Waals surface area contributed by atoms with Crippen molar-refractivity contribution in [1.29, 1.82) is 0 Å². The first-order chi connectivity index (χ1) is 8.20. The molecule has 1 atom stereocenters. The minimum atomic E-state index is 0.109. The standard InChI is InChI=1S/C13H25N3O/c1-3-16-9-5-8-12(16)10-15(2)13(17)14-11-6-4-7-11/h11-12H,3-10H2,1-2H3,(H,14,17). The molecule has 0 bridgehead atoms. The highest BCUT2D eigenvalue weighted by Crippen LogP contribution is 2.19. The molecule has 1 N–H and O–H groups in total. The molecule has 2 rings (SSSR count). The lowest BCUT2D eigenvalue weighted by molar-refractivity contribution is 0.173. The largest absolute Gasteiger partial charge is 0.335 e. The number of urea groups is 1. The van der Waals surface area contributed by atoms with E-state index in [0.29, 0.717) is 12.1 Å². The molecule has 2 fully saturated rings. The van der Waals surface area contributed by atoms with E-state index >= 15 is 0 Å². The minimum Gasteiger partial charge on any atom is -0.335 e. The van der Waals surface area contributed by atoms with Gasteiger partial charge in [-0.3, -0.25) is 4.90 Å². The average Bonchev–Trinajstić information content (AvgIpc) is 2.70. The van der Waals surface area contributed by atoms with E-state index in [1.807, 2.05) is 11.9 Å². The van der Waals surface area contributed by atoms with Crippen molar-refractivity contribution in [2.75, 3.05) is 26.7 Å². The van der Waals surface area contributed by atoms with Gasteiger partial charge in [-0.1, -0.05) is 6.92 Å². The lowest BCUT2D eigenvalue weighted by atomic mass is 9.93. The van der Waals surface area contributed by atoms with Gasteiger partial charge in [-0.15, -0.1) is 0 Å². The number of nitrogens with zero attached hydrogens (tertiary/aromatic N) is 2. The van der Waals surface area contributed by atoms with Gasteiger partial charge in [0.2, 0.25) is 0 Å². The molecule has 4 heteroatoms. The zero-order chi connectivity index (χ0) is 12.3. The van der Waals surface area contributed by atoms with Crippen LogP contribution in [0.25, 0.3) is 0 Å². The van der Waals surface area contributed by atoms with Crippen molar-refractivity contribution in [3.05, 3.63) is 0 Å². The van der Waals surface area contributed by atoms with Gasteiger partial charge in [0, 0.05) is 25.7 Å². The molecule has 4 nitrogen and oxygen atoms in total. The third kappa shape index (κ3) is 3.12. The molecule has 1 saturated carbocycles. The summed E-state index contributed by atoms with van der Waals surface area (Å²) in [5.41, 5.74) is 0. The Bertz CT molecular complexity index is 265. The predicted octanol–water partition coefficient (Wildman–Crippen LogP) is 1.66. The molecule has 1 saturated heterocycles. The number of hydrogen-bond donors (Lipinski definition) is 1. The summed E-state index contributed by atoms with van der Waals surface area (Å²) in [6, 6.07) is 1.12. The normalized spacial score (nSPS) is 25.6. The van der Waals surface area contributed by atoms with Gasteiger partial charge in [0.1, 0.15) is 0 Å². The summed E-state index contributed by atoms with van der Waals surface area (Å²) in [4.78, 5) is 16.3. The van der Waals surface area contributed by atoms with Gasteiger partial charge >= 0.3 is 6.03 Å². The second-order valence-electron chi connectivity index (χ2n) is 5.38. The van der Waals surface area contributed by atoms with Crippen LogP contribution < -0.4 is 5.32 Å². The van der Waals surface area contributed by atoms with Gasteiger partial charge in [0.25, 0.3) is 0 Å². The SMILES string of the molecule is CCN1CCCC1CN(C)C(=O)NC1CCC1. The van der Waals surface area contributed by atoms with Crippen LogP contribution >= 0.6 is 0 Å². The fourth-order valence-corrected chi connectivity index (χ4v) is 2.75. The lowest BCUT2D eigenvalue weighted by Crippen LogP contribution is -2.49. The van der Waals surface area contributed by atoms with E-state index in [1.165, 1.54) is 25.8 Å². The molecule has 1 unspecified atom stereocenters. The van der Waals surface area contributed by atoms with Crippen molar-refractivity contribution < 1.29 is 4.79 Å². The second-order valence-corrected chi connectivity index (χ2v) is 5.38. The molecule has 17 heavy (non-hydrogen) atoms. The summed E-state index contributed by atoms with van der Waals surface area (Å²) >= 11 is 0. The lowest BCUT2D eigenvalue weighted by Gasteiger charge is -2.31. The zero-order valence-electron chi connectivity index (χ0n) is 11.1. The van der Waals surface area contributed by atoms with Crippen molar-refractivity contribution in [2.45, 2.75) is 51.1 Å². The third-order valence-electron chi connectivity index (χ3n) is 4.17. The van der Waals surface area contributed by atoms with Crippen molar-refractivity contribution in [2.24, 2.45) is 0 Å². The highest BCUT2D eigenvalue weighted by Gasteiger charge is 2.27. The van der Waals surface area contributed by atoms with Crippen molar-refractivity contribution in [3.63, 3.8) is 0 Å².